The molecule has 3 nitrogen and oxygen atoms in total. The average molecular weight is 261 g/mol. The van der Waals surface area contributed by atoms with Gasteiger partial charge in [-0.15, -0.1) is 0 Å². The van der Waals surface area contributed by atoms with Crippen LogP contribution >= 0.6 is 0 Å². The Hall–Kier alpha value is -1.12. The van der Waals surface area contributed by atoms with Crippen LogP contribution in [0.5, 0.6) is 0 Å². The van der Waals surface area contributed by atoms with E-state index >= 15 is 0 Å². The first kappa shape index (κ1) is 12.9. The first-order chi connectivity index (χ1) is 9.20. The van der Waals surface area contributed by atoms with Crippen molar-refractivity contribution in [2.24, 2.45) is 35.5 Å². The fourth-order valence-corrected chi connectivity index (χ4v) is 5.09. The van der Waals surface area contributed by atoms with Crippen molar-refractivity contribution >= 4 is 11.8 Å². The van der Waals surface area contributed by atoms with E-state index in [1.54, 1.807) is 7.05 Å². The minimum absolute atomic E-state index is 0.0326. The minimum Gasteiger partial charge on any atom is -0.285 e. The molecule has 1 heterocycles. The molecule has 6 atom stereocenters. The molecule has 19 heavy (non-hydrogen) atoms. The summed E-state index contributed by atoms with van der Waals surface area (Å²) in [6.07, 6.45) is 7.90. The Morgan fingerprint density at radius 1 is 0.895 bits per heavy atom. The summed E-state index contributed by atoms with van der Waals surface area (Å²) in [6, 6.07) is 0. The zero-order valence-electron chi connectivity index (χ0n) is 12.0. The number of hydrogen-bond acceptors (Lipinski definition) is 2. The van der Waals surface area contributed by atoms with E-state index in [0.29, 0.717) is 23.7 Å². The highest BCUT2D eigenvalue weighted by atomic mass is 16.2. The summed E-state index contributed by atoms with van der Waals surface area (Å²) < 4.78 is 0. The van der Waals surface area contributed by atoms with E-state index in [1.807, 2.05) is 13.8 Å². The molecule has 1 saturated heterocycles. The summed E-state index contributed by atoms with van der Waals surface area (Å²) in [5, 5.41) is 0. The molecule has 2 saturated carbocycles. The number of fused-ring (bicyclic) bond motifs is 8. The van der Waals surface area contributed by atoms with Gasteiger partial charge in [0.15, 0.2) is 0 Å². The van der Waals surface area contributed by atoms with Gasteiger partial charge in [0.05, 0.1) is 11.8 Å². The molecule has 3 aliphatic carbocycles. The van der Waals surface area contributed by atoms with Gasteiger partial charge in [-0.3, -0.25) is 14.5 Å². The normalized spacial score (nSPS) is 45.9. The van der Waals surface area contributed by atoms with Gasteiger partial charge < -0.3 is 0 Å². The van der Waals surface area contributed by atoms with E-state index in [1.165, 1.54) is 4.90 Å². The van der Waals surface area contributed by atoms with Crippen LogP contribution in [0.15, 0.2) is 12.2 Å². The molecular formula is C16H23NO2. The lowest BCUT2D eigenvalue weighted by atomic mass is 9.65. The molecule has 2 amide bonds. The number of hydrogen-bond donors (Lipinski definition) is 0. The van der Waals surface area contributed by atoms with Crippen LogP contribution < -0.4 is 0 Å². The van der Waals surface area contributed by atoms with Gasteiger partial charge in [-0.2, -0.15) is 0 Å². The topological polar surface area (TPSA) is 37.4 Å². The molecule has 0 N–H and O–H groups in total. The predicted octanol–water partition coefficient (Wildman–Crippen LogP) is 2.48. The maximum absolute atomic E-state index is 12.1. The lowest BCUT2D eigenvalue weighted by Gasteiger charge is -2.37. The zero-order valence-corrected chi connectivity index (χ0v) is 12.0. The SMILES string of the molecule is CC.CN1C(=O)C2C3CC(C4CC=CCC43)C2C1=O. The predicted molar refractivity (Wildman–Crippen MR) is 73.1 cm³/mol. The van der Waals surface area contributed by atoms with Gasteiger partial charge in [0.1, 0.15) is 0 Å². The first-order valence-electron chi connectivity index (χ1n) is 7.66. The number of carbonyl (C=O) groups is 2. The van der Waals surface area contributed by atoms with E-state index in [-0.39, 0.29) is 23.7 Å². The zero-order chi connectivity index (χ0) is 13.7. The van der Waals surface area contributed by atoms with E-state index in [0.717, 1.165) is 19.3 Å². The molecule has 0 aromatic carbocycles. The van der Waals surface area contributed by atoms with Crippen molar-refractivity contribution in [3.8, 4) is 0 Å². The van der Waals surface area contributed by atoms with Crippen LogP contribution in [0.2, 0.25) is 0 Å². The van der Waals surface area contributed by atoms with Crippen molar-refractivity contribution in [2.45, 2.75) is 33.1 Å². The minimum atomic E-state index is 0.0326. The average Bonchev–Trinajstić information content (AvgIpc) is 3.09. The molecule has 4 aliphatic rings. The Bertz CT molecular complexity index is 404. The van der Waals surface area contributed by atoms with Gasteiger partial charge >= 0.3 is 0 Å². The quantitative estimate of drug-likeness (QED) is 0.496. The van der Waals surface area contributed by atoms with Crippen molar-refractivity contribution in [3.05, 3.63) is 12.2 Å². The van der Waals surface area contributed by atoms with Crippen molar-refractivity contribution in [2.75, 3.05) is 7.05 Å². The number of rotatable bonds is 0. The van der Waals surface area contributed by atoms with Crippen LogP contribution in [0.3, 0.4) is 0 Å². The number of amides is 2. The Kier molecular flexibility index (Phi) is 3.03. The van der Waals surface area contributed by atoms with Gasteiger partial charge in [0, 0.05) is 7.05 Å². The van der Waals surface area contributed by atoms with Gasteiger partial charge in [0.25, 0.3) is 0 Å². The van der Waals surface area contributed by atoms with Crippen LogP contribution in [0.25, 0.3) is 0 Å². The lowest BCUT2D eigenvalue weighted by Crippen LogP contribution is -2.37. The molecule has 2 bridgehead atoms. The molecule has 104 valence electrons. The molecular weight excluding hydrogens is 238 g/mol. The largest absolute Gasteiger partial charge is 0.285 e. The molecule has 6 unspecified atom stereocenters. The first-order valence-corrected chi connectivity index (χ1v) is 7.66. The lowest BCUT2D eigenvalue weighted by molar-refractivity contribution is -0.139. The highest BCUT2D eigenvalue weighted by molar-refractivity contribution is 6.05. The van der Waals surface area contributed by atoms with Crippen LogP contribution in [-0.2, 0) is 9.59 Å². The smallest absolute Gasteiger partial charge is 0.233 e. The monoisotopic (exact) mass is 261 g/mol. The second-order valence-electron chi connectivity index (χ2n) is 6.12. The van der Waals surface area contributed by atoms with E-state index in [4.69, 9.17) is 0 Å². The van der Waals surface area contributed by atoms with E-state index in [2.05, 4.69) is 12.2 Å². The number of nitrogens with zero attached hydrogens (tertiary/aromatic N) is 1. The number of imide groups is 1. The Balaban J connectivity index is 0.000000528. The molecule has 3 fully saturated rings. The second kappa shape index (κ2) is 4.46. The third-order valence-corrected chi connectivity index (χ3v) is 5.72. The molecule has 3 heteroatoms. The van der Waals surface area contributed by atoms with Crippen molar-refractivity contribution in [3.63, 3.8) is 0 Å². The summed E-state index contributed by atoms with van der Waals surface area (Å²) in [5.41, 5.74) is 0. The molecule has 0 spiro atoms. The van der Waals surface area contributed by atoms with E-state index in [9.17, 15) is 9.59 Å². The van der Waals surface area contributed by atoms with Crippen LogP contribution in [-0.4, -0.2) is 23.8 Å². The van der Waals surface area contributed by atoms with Crippen LogP contribution in [0.1, 0.15) is 33.1 Å². The number of allylic oxidation sites excluding steroid dienone is 2. The summed E-state index contributed by atoms with van der Waals surface area (Å²) >= 11 is 0. The van der Waals surface area contributed by atoms with E-state index < -0.39 is 0 Å². The summed E-state index contributed by atoms with van der Waals surface area (Å²) in [6.45, 7) is 4.00. The van der Waals surface area contributed by atoms with Gasteiger partial charge in [-0.05, 0) is 42.9 Å². The van der Waals surface area contributed by atoms with Crippen LogP contribution in [0.4, 0.5) is 0 Å². The molecule has 0 radical (unpaired) electrons. The summed E-state index contributed by atoms with van der Waals surface area (Å²) in [4.78, 5) is 25.7. The van der Waals surface area contributed by atoms with Gasteiger partial charge in [0.2, 0.25) is 11.8 Å². The van der Waals surface area contributed by atoms with Crippen molar-refractivity contribution in [1.82, 2.24) is 4.90 Å². The summed E-state index contributed by atoms with van der Waals surface area (Å²) in [5.74, 6) is 2.59. The van der Waals surface area contributed by atoms with Gasteiger partial charge in [-0.25, -0.2) is 0 Å². The third kappa shape index (κ3) is 1.50. The maximum atomic E-state index is 12.1. The molecule has 0 aromatic rings. The Labute approximate surface area is 115 Å². The second-order valence-corrected chi connectivity index (χ2v) is 6.12. The Morgan fingerprint density at radius 2 is 1.32 bits per heavy atom. The number of carbonyl (C=O) groups excluding carboxylic acids is 2. The third-order valence-electron chi connectivity index (χ3n) is 5.72. The van der Waals surface area contributed by atoms with Crippen LogP contribution in [0, 0.1) is 35.5 Å². The van der Waals surface area contributed by atoms with Crippen molar-refractivity contribution in [1.29, 1.82) is 0 Å². The standard InChI is InChI=1S/C14H17NO2.C2H6/c1-15-13(16)11-9-6-10(12(11)14(15)17)8-5-3-2-4-7(8)9;1-2/h2-3,7-12H,4-6H2,1H3;1-2H3. The molecule has 0 aromatic heterocycles. The van der Waals surface area contributed by atoms with Crippen molar-refractivity contribution < 1.29 is 9.59 Å². The molecule has 1 aliphatic heterocycles. The maximum Gasteiger partial charge on any atom is 0.233 e. The van der Waals surface area contributed by atoms with Gasteiger partial charge in [-0.1, -0.05) is 26.0 Å². The molecule has 4 rings (SSSR count). The number of likely N-dealkylation sites (tertiary alicyclic amines) is 1. The fourth-order valence-electron chi connectivity index (χ4n) is 5.09. The highest BCUT2D eigenvalue weighted by Gasteiger charge is 2.65. The Morgan fingerprint density at radius 3 is 1.74 bits per heavy atom. The summed E-state index contributed by atoms with van der Waals surface area (Å²) in [7, 11) is 1.66. The highest BCUT2D eigenvalue weighted by Crippen LogP contribution is 2.63. The fraction of sp³-hybridized carbons (Fsp3) is 0.750.